The molecule has 1 aromatic carbocycles. The number of hydrogen-bond acceptors (Lipinski definition) is 4. The van der Waals surface area contributed by atoms with Crippen LogP contribution in [-0.2, 0) is 10.2 Å². The highest BCUT2D eigenvalue weighted by Crippen LogP contribution is 2.42. The first-order valence-electron chi connectivity index (χ1n) is 8.68. The number of pyridine rings is 1. The fraction of sp³-hybridized carbons (Fsp3) is 0.350. The topological polar surface area (TPSA) is 51.2 Å². The average Bonchev–Trinajstić information content (AvgIpc) is 2.68. The van der Waals surface area contributed by atoms with Crippen molar-refractivity contribution in [3.05, 3.63) is 65.7 Å². The van der Waals surface area contributed by atoms with E-state index in [4.69, 9.17) is 17.0 Å². The molecule has 1 N–H and O–H groups in total. The van der Waals surface area contributed by atoms with E-state index < -0.39 is 23.3 Å². The van der Waals surface area contributed by atoms with Crippen LogP contribution >= 0.6 is 12.2 Å². The first-order valence-corrected chi connectivity index (χ1v) is 9.08. The average molecular weight is 372 g/mol. The zero-order valence-corrected chi connectivity index (χ0v) is 15.4. The predicted molar refractivity (Wildman–Crippen MR) is 102 cm³/mol. The Labute approximate surface area is 157 Å². The SMILES string of the molecule is CNC(=S)[C@]1(c2cccnc2)CCCC[C@H]1OC(=O)c1ccccc1F. The van der Waals surface area contributed by atoms with Gasteiger partial charge in [0.05, 0.1) is 16.0 Å². The fourth-order valence-electron chi connectivity index (χ4n) is 3.69. The number of carbonyl (C=O) groups is 1. The molecule has 0 bridgehead atoms. The van der Waals surface area contributed by atoms with Crippen LogP contribution in [0.3, 0.4) is 0 Å². The number of ether oxygens (including phenoxy) is 1. The lowest BCUT2D eigenvalue weighted by atomic mass is 9.67. The quantitative estimate of drug-likeness (QED) is 0.653. The van der Waals surface area contributed by atoms with Gasteiger partial charge in [-0.2, -0.15) is 0 Å². The summed E-state index contributed by atoms with van der Waals surface area (Å²) in [5, 5.41) is 3.07. The van der Waals surface area contributed by atoms with Gasteiger partial charge in [0.2, 0.25) is 0 Å². The molecule has 0 unspecified atom stereocenters. The zero-order valence-electron chi connectivity index (χ0n) is 14.6. The van der Waals surface area contributed by atoms with E-state index in [-0.39, 0.29) is 5.56 Å². The lowest BCUT2D eigenvalue weighted by molar-refractivity contribution is 0.00386. The van der Waals surface area contributed by atoms with Gasteiger partial charge in [-0.15, -0.1) is 0 Å². The summed E-state index contributed by atoms with van der Waals surface area (Å²) in [7, 11) is 1.77. The Morgan fingerprint density at radius 3 is 2.81 bits per heavy atom. The van der Waals surface area contributed by atoms with Crippen molar-refractivity contribution >= 4 is 23.2 Å². The first kappa shape index (κ1) is 18.5. The summed E-state index contributed by atoms with van der Waals surface area (Å²) >= 11 is 5.64. The van der Waals surface area contributed by atoms with Crippen LogP contribution in [0.4, 0.5) is 4.39 Å². The van der Waals surface area contributed by atoms with Gasteiger partial charge in [0.25, 0.3) is 0 Å². The van der Waals surface area contributed by atoms with Crippen LogP contribution in [0.15, 0.2) is 48.8 Å². The molecular formula is C20H21FN2O2S. The standard InChI is InChI=1S/C20H21FN2O2S/c1-22-19(26)20(14-7-6-12-23-13-14)11-5-4-10-17(20)25-18(24)15-8-2-3-9-16(15)21/h2-3,6-9,12-13,17H,4-5,10-11H2,1H3,(H,22,26)/t17-,20+/m1/s1. The van der Waals surface area contributed by atoms with Crippen LogP contribution in [0.5, 0.6) is 0 Å². The maximum atomic E-state index is 14.0. The molecule has 0 radical (unpaired) electrons. The van der Waals surface area contributed by atoms with Gasteiger partial charge in [-0.05, 0) is 43.0 Å². The highest BCUT2D eigenvalue weighted by atomic mass is 32.1. The molecule has 2 aromatic rings. The number of benzene rings is 1. The number of rotatable bonds is 4. The number of hydrogen-bond donors (Lipinski definition) is 1. The van der Waals surface area contributed by atoms with E-state index in [2.05, 4.69) is 10.3 Å². The largest absolute Gasteiger partial charge is 0.457 e. The number of halogens is 1. The molecule has 0 spiro atoms. The van der Waals surface area contributed by atoms with Gasteiger partial charge in [-0.3, -0.25) is 4.98 Å². The first-order chi connectivity index (χ1) is 12.6. The van der Waals surface area contributed by atoms with E-state index in [1.54, 1.807) is 31.6 Å². The summed E-state index contributed by atoms with van der Waals surface area (Å²) < 4.78 is 19.8. The van der Waals surface area contributed by atoms with Crippen LogP contribution in [-0.4, -0.2) is 29.1 Å². The molecule has 4 nitrogen and oxygen atoms in total. The van der Waals surface area contributed by atoms with E-state index in [1.165, 1.54) is 12.1 Å². The van der Waals surface area contributed by atoms with Crippen molar-refractivity contribution in [3.63, 3.8) is 0 Å². The molecule has 0 aliphatic heterocycles. The molecule has 1 fully saturated rings. The summed E-state index contributed by atoms with van der Waals surface area (Å²) in [6.45, 7) is 0. The van der Waals surface area contributed by atoms with Crippen LogP contribution in [0, 0.1) is 5.82 Å². The van der Waals surface area contributed by atoms with Crippen LogP contribution in [0.1, 0.15) is 41.6 Å². The van der Waals surface area contributed by atoms with Gasteiger partial charge < -0.3 is 10.1 Å². The molecule has 3 rings (SSSR count). The number of nitrogens with zero attached hydrogens (tertiary/aromatic N) is 1. The van der Waals surface area contributed by atoms with Gasteiger partial charge in [-0.25, -0.2) is 9.18 Å². The minimum Gasteiger partial charge on any atom is -0.457 e. The van der Waals surface area contributed by atoms with E-state index in [9.17, 15) is 9.18 Å². The molecule has 1 aliphatic carbocycles. The summed E-state index contributed by atoms with van der Waals surface area (Å²) in [4.78, 5) is 17.4. The maximum Gasteiger partial charge on any atom is 0.341 e. The summed E-state index contributed by atoms with van der Waals surface area (Å²) in [6.07, 6.45) is 6.27. The molecule has 0 amide bonds. The number of aromatic nitrogens is 1. The van der Waals surface area contributed by atoms with E-state index in [1.807, 2.05) is 12.1 Å². The Hall–Kier alpha value is -2.34. The van der Waals surface area contributed by atoms with Crippen molar-refractivity contribution in [2.75, 3.05) is 7.05 Å². The van der Waals surface area contributed by atoms with Gasteiger partial charge in [0.1, 0.15) is 11.9 Å². The smallest absolute Gasteiger partial charge is 0.341 e. The molecule has 1 heterocycles. The number of nitrogens with one attached hydrogen (secondary N) is 1. The van der Waals surface area contributed by atoms with Crippen molar-refractivity contribution in [1.82, 2.24) is 10.3 Å². The minimum atomic E-state index is -0.665. The van der Waals surface area contributed by atoms with Crippen LogP contribution in [0.25, 0.3) is 0 Å². The second-order valence-electron chi connectivity index (χ2n) is 6.41. The Bertz CT molecular complexity index is 799. The van der Waals surface area contributed by atoms with E-state index >= 15 is 0 Å². The zero-order chi connectivity index (χ0) is 18.6. The van der Waals surface area contributed by atoms with E-state index in [0.29, 0.717) is 11.4 Å². The number of likely N-dealkylation sites (N-methyl/N-ethyl adjacent to an activating group) is 1. The third kappa shape index (κ3) is 3.33. The minimum absolute atomic E-state index is 0.0615. The predicted octanol–water partition coefficient (Wildman–Crippen LogP) is 3.80. The number of thiocarbonyl (C=S) groups is 1. The molecule has 26 heavy (non-hydrogen) atoms. The van der Waals surface area contributed by atoms with Gasteiger partial charge in [-0.1, -0.05) is 36.8 Å². The molecule has 0 saturated heterocycles. The Morgan fingerprint density at radius 1 is 1.31 bits per heavy atom. The van der Waals surface area contributed by atoms with Crippen LogP contribution < -0.4 is 5.32 Å². The Morgan fingerprint density at radius 2 is 2.12 bits per heavy atom. The van der Waals surface area contributed by atoms with Crippen molar-refractivity contribution in [2.24, 2.45) is 0 Å². The van der Waals surface area contributed by atoms with Gasteiger partial charge in [0, 0.05) is 19.4 Å². The Kier molecular flexibility index (Phi) is 5.61. The van der Waals surface area contributed by atoms with Crippen LogP contribution in [0.2, 0.25) is 0 Å². The second kappa shape index (κ2) is 7.91. The molecule has 6 heteroatoms. The number of carbonyl (C=O) groups excluding carboxylic acids is 1. The van der Waals surface area contributed by atoms with Gasteiger partial charge >= 0.3 is 5.97 Å². The molecule has 2 atom stereocenters. The highest BCUT2D eigenvalue weighted by molar-refractivity contribution is 7.80. The molecule has 136 valence electrons. The molecule has 1 aliphatic rings. The summed E-state index contributed by atoms with van der Waals surface area (Å²) in [6, 6.07) is 9.65. The number of esters is 1. The summed E-state index contributed by atoms with van der Waals surface area (Å²) in [5.41, 5.74) is 0.191. The lowest BCUT2D eigenvalue weighted by Crippen LogP contribution is -2.53. The highest BCUT2D eigenvalue weighted by Gasteiger charge is 2.48. The van der Waals surface area contributed by atoms with Crippen molar-refractivity contribution in [1.29, 1.82) is 0 Å². The summed E-state index contributed by atoms with van der Waals surface area (Å²) in [5.74, 6) is -1.25. The van der Waals surface area contributed by atoms with Crippen molar-refractivity contribution in [3.8, 4) is 0 Å². The third-order valence-electron chi connectivity index (χ3n) is 4.99. The Balaban J connectivity index is 1.98. The van der Waals surface area contributed by atoms with Gasteiger partial charge in [0.15, 0.2) is 0 Å². The monoisotopic (exact) mass is 372 g/mol. The van der Waals surface area contributed by atoms with E-state index in [0.717, 1.165) is 24.8 Å². The van der Waals surface area contributed by atoms with Crippen molar-refractivity contribution in [2.45, 2.75) is 37.2 Å². The molecule has 1 aromatic heterocycles. The normalized spacial score (nSPS) is 22.5. The van der Waals surface area contributed by atoms with Crippen molar-refractivity contribution < 1.29 is 13.9 Å². The lowest BCUT2D eigenvalue weighted by Gasteiger charge is -2.43. The fourth-order valence-corrected chi connectivity index (χ4v) is 4.04. The maximum absolute atomic E-state index is 14.0. The third-order valence-corrected chi connectivity index (χ3v) is 5.56. The molecular weight excluding hydrogens is 351 g/mol. The second-order valence-corrected chi connectivity index (χ2v) is 6.82. The molecule has 1 saturated carbocycles.